The van der Waals surface area contributed by atoms with Crippen molar-refractivity contribution in [2.24, 2.45) is 0 Å². The van der Waals surface area contributed by atoms with Gasteiger partial charge in [-0.05, 0) is 66.9 Å². The maximum absolute atomic E-state index is 14.5. The summed E-state index contributed by atoms with van der Waals surface area (Å²) in [6, 6.07) is 8.36. The summed E-state index contributed by atoms with van der Waals surface area (Å²) in [5.74, 6) is -0.290. The lowest BCUT2D eigenvalue weighted by Crippen LogP contribution is -2.20. The molecule has 5 nitrogen and oxygen atoms in total. The molecule has 2 aromatic rings. The Kier molecular flexibility index (Phi) is 5.60. The number of benzene rings is 1. The van der Waals surface area contributed by atoms with Crippen LogP contribution in [0.2, 0.25) is 0 Å². The number of pyridine rings is 1. The molecule has 0 bridgehead atoms. The quantitative estimate of drug-likeness (QED) is 0.764. The van der Waals surface area contributed by atoms with Crippen LogP contribution in [0, 0.1) is 5.82 Å². The van der Waals surface area contributed by atoms with Gasteiger partial charge in [-0.15, -0.1) is 0 Å². The number of nitrogens with one attached hydrogen (secondary N) is 3. The van der Waals surface area contributed by atoms with Crippen molar-refractivity contribution in [2.75, 3.05) is 31.5 Å². The highest BCUT2D eigenvalue weighted by Gasteiger charge is 2.14. The second-order valence-electron chi connectivity index (χ2n) is 6.95. The Labute approximate surface area is 163 Å². The van der Waals surface area contributed by atoms with Crippen LogP contribution in [0.3, 0.4) is 0 Å². The summed E-state index contributed by atoms with van der Waals surface area (Å²) >= 11 is 0. The number of nitrogens with zero attached hydrogens (tertiary/aromatic N) is 1. The van der Waals surface area contributed by atoms with Crippen molar-refractivity contribution in [3.8, 4) is 0 Å². The Balaban J connectivity index is 1.45. The lowest BCUT2D eigenvalue weighted by Gasteiger charge is -2.15. The van der Waals surface area contributed by atoms with Crippen LogP contribution in [0.4, 0.5) is 10.2 Å². The average Bonchev–Trinajstić information content (AvgIpc) is 2.75. The van der Waals surface area contributed by atoms with Crippen molar-refractivity contribution in [1.82, 2.24) is 15.6 Å². The number of aromatic nitrogens is 1. The normalized spacial score (nSPS) is 16.9. The monoisotopic (exact) mass is 378 g/mol. The number of halogens is 1. The van der Waals surface area contributed by atoms with Gasteiger partial charge in [0.2, 0.25) is 0 Å². The van der Waals surface area contributed by atoms with Gasteiger partial charge in [-0.1, -0.05) is 18.2 Å². The molecule has 144 valence electrons. The average molecular weight is 378 g/mol. The molecule has 2 aliphatic rings. The molecule has 3 heterocycles. The van der Waals surface area contributed by atoms with E-state index in [1.54, 1.807) is 24.4 Å². The van der Waals surface area contributed by atoms with Gasteiger partial charge in [0.05, 0.1) is 0 Å². The molecule has 3 N–H and O–H groups in total. The topological polar surface area (TPSA) is 66.0 Å². The zero-order valence-corrected chi connectivity index (χ0v) is 15.6. The van der Waals surface area contributed by atoms with Crippen LogP contribution in [-0.2, 0) is 0 Å². The first-order chi connectivity index (χ1) is 13.7. The van der Waals surface area contributed by atoms with E-state index in [1.165, 1.54) is 11.6 Å². The summed E-state index contributed by atoms with van der Waals surface area (Å²) < 4.78 is 14.5. The van der Waals surface area contributed by atoms with Crippen LogP contribution in [0.15, 0.2) is 48.7 Å². The molecular weight excluding hydrogens is 355 g/mol. The van der Waals surface area contributed by atoms with Gasteiger partial charge in [0.15, 0.2) is 0 Å². The molecule has 0 saturated carbocycles. The van der Waals surface area contributed by atoms with Gasteiger partial charge in [0.25, 0.3) is 5.91 Å². The molecule has 2 aliphatic heterocycles. The Hall–Kier alpha value is -2.83. The number of hydrogen-bond donors (Lipinski definition) is 3. The van der Waals surface area contributed by atoms with E-state index >= 15 is 0 Å². The first-order valence-corrected chi connectivity index (χ1v) is 9.58. The second kappa shape index (κ2) is 8.46. The molecule has 28 heavy (non-hydrogen) atoms. The zero-order chi connectivity index (χ0) is 19.3. The molecule has 0 atom stereocenters. The van der Waals surface area contributed by atoms with E-state index in [9.17, 15) is 9.18 Å². The van der Waals surface area contributed by atoms with Crippen LogP contribution in [0.5, 0.6) is 0 Å². The minimum Gasteiger partial charge on any atom is -0.313 e. The SMILES string of the molecule is O=C(Nc1ccc(C2=CCNCC2)cn1)c1ccc(C2=CCNCC2)c(F)c1. The lowest BCUT2D eigenvalue weighted by atomic mass is 9.98. The predicted molar refractivity (Wildman–Crippen MR) is 110 cm³/mol. The minimum absolute atomic E-state index is 0.280. The largest absolute Gasteiger partial charge is 0.313 e. The highest BCUT2D eigenvalue weighted by atomic mass is 19.1. The summed E-state index contributed by atoms with van der Waals surface area (Å²) in [4.78, 5) is 16.8. The van der Waals surface area contributed by atoms with E-state index in [4.69, 9.17) is 0 Å². The van der Waals surface area contributed by atoms with Crippen LogP contribution in [0.1, 0.15) is 34.3 Å². The molecule has 1 aromatic heterocycles. The molecule has 0 spiro atoms. The molecule has 6 heteroatoms. The minimum atomic E-state index is -0.373. The molecule has 1 aromatic carbocycles. The summed E-state index contributed by atoms with van der Waals surface area (Å²) in [7, 11) is 0. The standard InChI is InChI=1S/C22H23FN4O/c23-20-13-17(1-3-19(20)16-7-11-25-12-8-16)22(28)27-21-4-2-18(14-26-21)15-5-9-24-10-6-15/h1-5,7,13-14,24-25H,6,8-12H2,(H,26,27,28). The third kappa shape index (κ3) is 4.18. The van der Waals surface area contributed by atoms with Gasteiger partial charge in [-0.2, -0.15) is 0 Å². The van der Waals surface area contributed by atoms with E-state index in [1.807, 2.05) is 12.1 Å². The highest BCUT2D eigenvalue weighted by molar-refractivity contribution is 6.04. The van der Waals surface area contributed by atoms with Crippen molar-refractivity contribution in [2.45, 2.75) is 12.8 Å². The van der Waals surface area contributed by atoms with Crippen LogP contribution >= 0.6 is 0 Å². The van der Waals surface area contributed by atoms with E-state index in [0.29, 0.717) is 11.4 Å². The maximum atomic E-state index is 14.5. The Morgan fingerprint density at radius 2 is 1.75 bits per heavy atom. The lowest BCUT2D eigenvalue weighted by molar-refractivity contribution is 0.102. The molecule has 0 fully saturated rings. The van der Waals surface area contributed by atoms with Crippen molar-refractivity contribution >= 4 is 22.9 Å². The predicted octanol–water partition coefficient (Wildman–Crippen LogP) is 3.23. The van der Waals surface area contributed by atoms with Crippen molar-refractivity contribution < 1.29 is 9.18 Å². The first kappa shape index (κ1) is 18.5. The van der Waals surface area contributed by atoms with E-state index < -0.39 is 0 Å². The third-order valence-electron chi connectivity index (χ3n) is 5.08. The maximum Gasteiger partial charge on any atom is 0.256 e. The van der Waals surface area contributed by atoms with Crippen molar-refractivity contribution in [3.63, 3.8) is 0 Å². The van der Waals surface area contributed by atoms with Crippen molar-refractivity contribution in [3.05, 3.63) is 71.2 Å². The molecule has 0 aliphatic carbocycles. The molecule has 1 amide bonds. The number of hydrogen-bond acceptors (Lipinski definition) is 4. The molecular formula is C22H23FN4O. The number of carbonyl (C=O) groups is 1. The van der Waals surface area contributed by atoms with Gasteiger partial charge < -0.3 is 16.0 Å². The fourth-order valence-corrected chi connectivity index (χ4v) is 3.51. The number of anilines is 1. The number of carbonyl (C=O) groups excluding carboxylic acids is 1. The summed E-state index contributed by atoms with van der Waals surface area (Å²) in [6.07, 6.45) is 7.66. The van der Waals surface area contributed by atoms with E-state index in [-0.39, 0.29) is 17.3 Å². The highest BCUT2D eigenvalue weighted by Crippen LogP contribution is 2.24. The fourth-order valence-electron chi connectivity index (χ4n) is 3.51. The molecule has 4 rings (SSSR count). The summed E-state index contributed by atoms with van der Waals surface area (Å²) in [5.41, 5.74) is 4.14. The zero-order valence-electron chi connectivity index (χ0n) is 15.6. The van der Waals surface area contributed by atoms with Crippen molar-refractivity contribution in [1.29, 1.82) is 0 Å². The Bertz CT molecular complexity index is 934. The van der Waals surface area contributed by atoms with Crippen LogP contribution in [0.25, 0.3) is 11.1 Å². The van der Waals surface area contributed by atoms with Gasteiger partial charge in [-0.25, -0.2) is 9.37 Å². The van der Waals surface area contributed by atoms with Gasteiger partial charge >= 0.3 is 0 Å². The number of amides is 1. The van der Waals surface area contributed by atoms with Gasteiger partial charge in [-0.3, -0.25) is 4.79 Å². The molecule has 0 unspecified atom stereocenters. The van der Waals surface area contributed by atoms with Gasteiger partial charge in [0.1, 0.15) is 11.6 Å². The van der Waals surface area contributed by atoms with E-state index in [2.05, 4.69) is 27.0 Å². The molecule has 0 radical (unpaired) electrons. The van der Waals surface area contributed by atoms with Crippen LogP contribution < -0.4 is 16.0 Å². The Morgan fingerprint density at radius 1 is 1.00 bits per heavy atom. The Morgan fingerprint density at radius 3 is 2.36 bits per heavy atom. The fraction of sp³-hybridized carbons (Fsp3) is 0.273. The second-order valence-corrected chi connectivity index (χ2v) is 6.95. The third-order valence-corrected chi connectivity index (χ3v) is 5.08. The summed E-state index contributed by atoms with van der Waals surface area (Å²) in [5, 5.41) is 9.23. The summed E-state index contributed by atoms with van der Waals surface area (Å²) in [6.45, 7) is 3.40. The van der Waals surface area contributed by atoms with E-state index in [0.717, 1.165) is 50.2 Å². The molecule has 0 saturated heterocycles. The van der Waals surface area contributed by atoms with Gasteiger partial charge in [0, 0.05) is 30.4 Å². The first-order valence-electron chi connectivity index (χ1n) is 9.58. The smallest absolute Gasteiger partial charge is 0.256 e. The number of rotatable bonds is 4. The van der Waals surface area contributed by atoms with Crippen LogP contribution in [-0.4, -0.2) is 37.1 Å².